The molecular weight excluding hydrogens is 386 g/mol. The number of hydrogen-bond donors (Lipinski definition) is 4. The molecule has 0 aliphatic heterocycles. The van der Waals surface area contributed by atoms with E-state index in [2.05, 4.69) is 26.6 Å². The number of halogens is 2. The maximum atomic E-state index is 13.6. The third kappa shape index (κ3) is 7.39. The van der Waals surface area contributed by atoms with Crippen LogP contribution in [0.25, 0.3) is 0 Å². The Morgan fingerprint density at radius 1 is 1.38 bits per heavy atom. The lowest BCUT2D eigenvalue weighted by Crippen LogP contribution is -2.46. The van der Waals surface area contributed by atoms with Crippen LogP contribution in [0, 0.1) is 11.7 Å². The van der Waals surface area contributed by atoms with Gasteiger partial charge < -0.3 is 25.3 Å². The third-order valence-corrected chi connectivity index (χ3v) is 3.37. The summed E-state index contributed by atoms with van der Waals surface area (Å²) in [7, 11) is -2.03. The van der Waals surface area contributed by atoms with E-state index in [1.807, 2.05) is 13.8 Å². The van der Waals surface area contributed by atoms with Gasteiger partial charge in [0.2, 0.25) is 5.91 Å². The summed E-state index contributed by atoms with van der Waals surface area (Å²) >= 11 is 3.13. The van der Waals surface area contributed by atoms with Crippen LogP contribution in [0.15, 0.2) is 22.7 Å². The molecule has 10 heteroatoms. The Balaban J connectivity index is 2.57. The largest absolute Gasteiger partial charge is 0.635 e. The lowest BCUT2D eigenvalue weighted by molar-refractivity contribution is -0.123. The fourth-order valence-electron chi connectivity index (χ4n) is 1.88. The van der Waals surface area contributed by atoms with Gasteiger partial charge in [0.05, 0.1) is 12.1 Å². The molecule has 0 spiro atoms. The summed E-state index contributed by atoms with van der Waals surface area (Å²) in [6, 6.07) is 3.89. The van der Waals surface area contributed by atoms with Crippen LogP contribution in [-0.4, -0.2) is 42.0 Å². The van der Waals surface area contributed by atoms with Gasteiger partial charge in [-0.05, 0) is 30.5 Å². The van der Waals surface area contributed by atoms with E-state index in [0.29, 0.717) is 10.9 Å². The Labute approximate surface area is 147 Å². The number of amides is 2. The molecule has 1 aromatic carbocycles. The van der Waals surface area contributed by atoms with Gasteiger partial charge in [-0.15, -0.1) is 0 Å². The molecule has 24 heavy (non-hydrogen) atoms. The summed E-state index contributed by atoms with van der Waals surface area (Å²) in [6.07, 6.45) is -0.575. The van der Waals surface area contributed by atoms with Gasteiger partial charge in [-0.25, -0.2) is 4.39 Å². The molecular formula is C14H19BBrFN2O5. The zero-order valence-electron chi connectivity index (χ0n) is 13.3. The number of benzene rings is 1. The molecule has 0 aromatic heterocycles. The van der Waals surface area contributed by atoms with Crippen LogP contribution in [0.4, 0.5) is 4.39 Å². The molecule has 0 aliphatic rings. The SMILES string of the molecule is CC(C)CC(NC(=O)CNC(=O)c1cc(Br)ccc1F)OB(O)O. The molecule has 0 aliphatic carbocycles. The van der Waals surface area contributed by atoms with Crippen molar-refractivity contribution in [2.45, 2.75) is 26.5 Å². The average molecular weight is 405 g/mol. The average Bonchev–Trinajstić information content (AvgIpc) is 2.45. The molecule has 132 valence electrons. The van der Waals surface area contributed by atoms with Crippen molar-refractivity contribution in [2.75, 3.05) is 6.54 Å². The highest BCUT2D eigenvalue weighted by Gasteiger charge is 2.21. The highest BCUT2D eigenvalue weighted by atomic mass is 79.9. The van der Waals surface area contributed by atoms with Gasteiger partial charge in [0.15, 0.2) is 0 Å². The highest BCUT2D eigenvalue weighted by Crippen LogP contribution is 2.15. The second-order valence-corrected chi connectivity index (χ2v) is 6.37. The predicted molar refractivity (Wildman–Crippen MR) is 89.1 cm³/mol. The van der Waals surface area contributed by atoms with E-state index in [1.54, 1.807) is 0 Å². The van der Waals surface area contributed by atoms with E-state index in [1.165, 1.54) is 12.1 Å². The Bertz CT molecular complexity index is 578. The van der Waals surface area contributed by atoms with Crippen molar-refractivity contribution in [3.05, 3.63) is 34.1 Å². The van der Waals surface area contributed by atoms with Crippen LogP contribution in [0.3, 0.4) is 0 Å². The van der Waals surface area contributed by atoms with Crippen molar-refractivity contribution in [3.63, 3.8) is 0 Å². The molecule has 1 unspecified atom stereocenters. The molecule has 1 rings (SSSR count). The molecule has 0 saturated carbocycles. The quantitative estimate of drug-likeness (QED) is 0.378. The molecule has 0 bridgehead atoms. The highest BCUT2D eigenvalue weighted by molar-refractivity contribution is 9.10. The second-order valence-electron chi connectivity index (χ2n) is 5.45. The summed E-state index contributed by atoms with van der Waals surface area (Å²) in [6.45, 7) is 3.32. The summed E-state index contributed by atoms with van der Waals surface area (Å²) in [5, 5.41) is 22.4. The number of hydrogen-bond acceptors (Lipinski definition) is 5. The number of carbonyl (C=O) groups excluding carboxylic acids is 2. The van der Waals surface area contributed by atoms with Crippen molar-refractivity contribution in [1.82, 2.24) is 10.6 Å². The molecule has 1 atom stereocenters. The number of nitrogens with one attached hydrogen (secondary N) is 2. The van der Waals surface area contributed by atoms with Crippen LogP contribution in [0.1, 0.15) is 30.6 Å². The second kappa shape index (κ2) is 9.72. The van der Waals surface area contributed by atoms with E-state index in [-0.39, 0.29) is 11.5 Å². The molecule has 7 nitrogen and oxygen atoms in total. The lowest BCUT2D eigenvalue weighted by Gasteiger charge is -2.21. The Kier molecular flexibility index (Phi) is 8.33. The van der Waals surface area contributed by atoms with E-state index in [9.17, 15) is 14.0 Å². The first kappa shape index (κ1) is 20.6. The van der Waals surface area contributed by atoms with E-state index in [4.69, 9.17) is 14.7 Å². The van der Waals surface area contributed by atoms with Gasteiger partial charge in [-0.2, -0.15) is 0 Å². The molecule has 0 heterocycles. The molecule has 2 amide bonds. The predicted octanol–water partition coefficient (Wildman–Crippen LogP) is 0.792. The minimum Gasteiger partial charge on any atom is -0.402 e. The van der Waals surface area contributed by atoms with Gasteiger partial charge in [0, 0.05) is 4.47 Å². The van der Waals surface area contributed by atoms with Crippen molar-refractivity contribution in [3.8, 4) is 0 Å². The third-order valence-electron chi connectivity index (χ3n) is 2.88. The summed E-state index contributed by atoms with van der Waals surface area (Å²) in [5.74, 6) is -1.93. The first-order chi connectivity index (χ1) is 11.2. The Hall–Kier alpha value is -1.49. The van der Waals surface area contributed by atoms with Crippen molar-refractivity contribution in [1.29, 1.82) is 0 Å². The first-order valence-electron chi connectivity index (χ1n) is 7.23. The molecule has 0 radical (unpaired) electrons. The fraction of sp³-hybridized carbons (Fsp3) is 0.429. The summed E-state index contributed by atoms with van der Waals surface area (Å²) in [5.41, 5.74) is -0.196. The van der Waals surface area contributed by atoms with E-state index < -0.39 is 37.7 Å². The van der Waals surface area contributed by atoms with Gasteiger partial charge in [0.1, 0.15) is 12.0 Å². The van der Waals surface area contributed by atoms with Gasteiger partial charge in [-0.1, -0.05) is 29.8 Å². The van der Waals surface area contributed by atoms with Crippen molar-refractivity contribution < 1.29 is 28.7 Å². The first-order valence-corrected chi connectivity index (χ1v) is 8.02. The molecule has 0 fully saturated rings. The van der Waals surface area contributed by atoms with Gasteiger partial charge in [0.25, 0.3) is 5.91 Å². The van der Waals surface area contributed by atoms with Crippen LogP contribution in [0.2, 0.25) is 0 Å². The number of carbonyl (C=O) groups is 2. The number of rotatable bonds is 8. The Morgan fingerprint density at radius 3 is 2.62 bits per heavy atom. The lowest BCUT2D eigenvalue weighted by atomic mass is 10.1. The zero-order chi connectivity index (χ0) is 18.3. The van der Waals surface area contributed by atoms with Gasteiger partial charge in [-0.3, -0.25) is 9.59 Å². The van der Waals surface area contributed by atoms with Crippen molar-refractivity contribution in [2.24, 2.45) is 5.92 Å². The minimum absolute atomic E-state index is 0.124. The molecule has 4 N–H and O–H groups in total. The van der Waals surface area contributed by atoms with Crippen LogP contribution < -0.4 is 10.6 Å². The molecule has 0 saturated heterocycles. The fourth-order valence-corrected chi connectivity index (χ4v) is 2.24. The zero-order valence-corrected chi connectivity index (χ0v) is 14.8. The topological polar surface area (TPSA) is 108 Å². The summed E-state index contributed by atoms with van der Waals surface area (Å²) < 4.78 is 18.9. The smallest absolute Gasteiger partial charge is 0.402 e. The normalized spacial score (nSPS) is 12.0. The molecule has 1 aromatic rings. The monoisotopic (exact) mass is 404 g/mol. The van der Waals surface area contributed by atoms with E-state index >= 15 is 0 Å². The maximum absolute atomic E-state index is 13.6. The standard InChI is InChI=1S/C14H19BBrFN2O5/c1-8(2)5-13(24-15(22)23)19-12(20)7-18-14(21)10-6-9(16)3-4-11(10)17/h3-4,6,8,13,22-23H,5,7H2,1-2H3,(H,18,21)(H,19,20). The maximum Gasteiger partial charge on any atom is 0.635 e. The van der Waals surface area contributed by atoms with Gasteiger partial charge >= 0.3 is 7.32 Å². The van der Waals surface area contributed by atoms with Crippen LogP contribution in [0.5, 0.6) is 0 Å². The van der Waals surface area contributed by atoms with E-state index in [0.717, 1.165) is 6.07 Å². The van der Waals surface area contributed by atoms with Crippen molar-refractivity contribution >= 4 is 35.1 Å². The minimum atomic E-state index is -2.03. The van der Waals surface area contributed by atoms with Crippen LogP contribution >= 0.6 is 15.9 Å². The summed E-state index contributed by atoms with van der Waals surface area (Å²) in [4.78, 5) is 23.7. The van der Waals surface area contributed by atoms with Crippen LogP contribution in [-0.2, 0) is 9.45 Å². The Morgan fingerprint density at radius 2 is 2.04 bits per heavy atom.